The molecule has 1 saturated heterocycles. The normalized spacial score (nSPS) is 18.1. The Labute approximate surface area is 116 Å². The Balaban J connectivity index is 1.70. The molecule has 20 heavy (non-hydrogen) atoms. The van der Waals surface area contributed by atoms with Crippen LogP contribution in [0.5, 0.6) is 0 Å². The Bertz CT molecular complexity index is 577. The van der Waals surface area contributed by atoms with Crippen molar-refractivity contribution in [3.8, 4) is 11.5 Å². The van der Waals surface area contributed by atoms with Crippen molar-refractivity contribution in [3.05, 3.63) is 36.5 Å². The minimum Gasteiger partial charge on any atom is -0.463 e. The lowest BCUT2D eigenvalue weighted by molar-refractivity contribution is -0.130. The SMILES string of the molecule is O=C(NCc1nccnc1-c1ccco1)C1CCCO1. The van der Waals surface area contributed by atoms with Crippen LogP contribution in [0.1, 0.15) is 18.5 Å². The van der Waals surface area contributed by atoms with E-state index in [1.54, 1.807) is 24.7 Å². The standard InChI is InChI=1S/C14H15N3O3/c18-14(12-4-2-8-20-12)17-9-10-13(16-6-5-15-10)11-3-1-7-19-11/h1,3,5-7,12H,2,4,8-9H2,(H,17,18). The second kappa shape index (κ2) is 5.83. The molecule has 1 amide bonds. The summed E-state index contributed by atoms with van der Waals surface area (Å²) < 4.78 is 10.7. The minimum absolute atomic E-state index is 0.0986. The van der Waals surface area contributed by atoms with Crippen molar-refractivity contribution in [2.45, 2.75) is 25.5 Å². The molecule has 6 heteroatoms. The zero-order valence-corrected chi connectivity index (χ0v) is 10.9. The van der Waals surface area contributed by atoms with Crippen molar-refractivity contribution in [2.24, 2.45) is 0 Å². The number of rotatable bonds is 4. The van der Waals surface area contributed by atoms with E-state index in [2.05, 4.69) is 15.3 Å². The van der Waals surface area contributed by atoms with E-state index in [0.717, 1.165) is 12.8 Å². The first kappa shape index (κ1) is 12.8. The highest BCUT2D eigenvalue weighted by Crippen LogP contribution is 2.20. The molecule has 1 fully saturated rings. The fourth-order valence-corrected chi connectivity index (χ4v) is 2.18. The molecule has 0 saturated carbocycles. The summed E-state index contributed by atoms with van der Waals surface area (Å²) in [6.07, 6.45) is 6.15. The first-order chi connectivity index (χ1) is 9.84. The third-order valence-corrected chi connectivity index (χ3v) is 3.18. The van der Waals surface area contributed by atoms with E-state index in [9.17, 15) is 4.79 Å². The van der Waals surface area contributed by atoms with E-state index in [1.807, 2.05) is 6.07 Å². The number of carbonyl (C=O) groups excluding carboxylic acids is 1. The van der Waals surface area contributed by atoms with Crippen LogP contribution in [0.25, 0.3) is 11.5 Å². The highest BCUT2D eigenvalue weighted by atomic mass is 16.5. The molecule has 1 N–H and O–H groups in total. The Morgan fingerprint density at radius 3 is 3.05 bits per heavy atom. The van der Waals surface area contributed by atoms with E-state index < -0.39 is 0 Å². The summed E-state index contributed by atoms with van der Waals surface area (Å²) in [5, 5.41) is 2.84. The van der Waals surface area contributed by atoms with E-state index in [-0.39, 0.29) is 12.0 Å². The van der Waals surface area contributed by atoms with Gasteiger partial charge in [0, 0.05) is 19.0 Å². The molecule has 0 spiro atoms. The van der Waals surface area contributed by atoms with Gasteiger partial charge in [-0.1, -0.05) is 0 Å². The first-order valence-electron chi connectivity index (χ1n) is 6.57. The van der Waals surface area contributed by atoms with Crippen molar-refractivity contribution in [1.82, 2.24) is 15.3 Å². The van der Waals surface area contributed by atoms with Crippen LogP contribution >= 0.6 is 0 Å². The van der Waals surface area contributed by atoms with Gasteiger partial charge in [-0.05, 0) is 25.0 Å². The average molecular weight is 273 g/mol. The molecule has 1 atom stereocenters. The highest BCUT2D eigenvalue weighted by molar-refractivity contribution is 5.81. The Morgan fingerprint density at radius 2 is 2.30 bits per heavy atom. The fourth-order valence-electron chi connectivity index (χ4n) is 2.18. The van der Waals surface area contributed by atoms with Crippen LogP contribution in [0, 0.1) is 0 Å². The van der Waals surface area contributed by atoms with E-state index >= 15 is 0 Å². The quantitative estimate of drug-likeness (QED) is 0.914. The lowest BCUT2D eigenvalue weighted by Gasteiger charge is -2.11. The van der Waals surface area contributed by atoms with Crippen LogP contribution in [0.4, 0.5) is 0 Å². The van der Waals surface area contributed by atoms with Gasteiger partial charge >= 0.3 is 0 Å². The second-order valence-corrected chi connectivity index (χ2v) is 4.55. The third-order valence-electron chi connectivity index (χ3n) is 3.18. The van der Waals surface area contributed by atoms with Crippen LogP contribution in [0.2, 0.25) is 0 Å². The summed E-state index contributed by atoms with van der Waals surface area (Å²) in [5.74, 6) is 0.540. The molecule has 1 unspecified atom stereocenters. The molecule has 1 aliphatic heterocycles. The molecule has 1 aliphatic rings. The lowest BCUT2D eigenvalue weighted by atomic mass is 10.2. The van der Waals surface area contributed by atoms with Gasteiger partial charge in [0.25, 0.3) is 0 Å². The van der Waals surface area contributed by atoms with Crippen molar-refractivity contribution < 1.29 is 13.9 Å². The van der Waals surface area contributed by atoms with Gasteiger partial charge in [-0.15, -0.1) is 0 Å². The number of carbonyl (C=O) groups is 1. The number of furan rings is 1. The number of nitrogens with zero attached hydrogens (tertiary/aromatic N) is 2. The van der Waals surface area contributed by atoms with Crippen LogP contribution < -0.4 is 5.32 Å². The predicted molar refractivity (Wildman–Crippen MR) is 70.6 cm³/mol. The molecular formula is C14H15N3O3. The number of ether oxygens (including phenoxy) is 1. The number of nitrogens with one attached hydrogen (secondary N) is 1. The molecule has 0 aliphatic carbocycles. The van der Waals surface area contributed by atoms with Gasteiger partial charge < -0.3 is 14.5 Å². The zero-order valence-electron chi connectivity index (χ0n) is 10.9. The van der Waals surface area contributed by atoms with Crippen molar-refractivity contribution >= 4 is 5.91 Å². The van der Waals surface area contributed by atoms with Crippen molar-refractivity contribution in [1.29, 1.82) is 0 Å². The lowest BCUT2D eigenvalue weighted by Crippen LogP contribution is -2.34. The van der Waals surface area contributed by atoms with Gasteiger partial charge in [0.1, 0.15) is 11.8 Å². The molecule has 3 heterocycles. The van der Waals surface area contributed by atoms with Gasteiger partial charge in [-0.25, -0.2) is 4.98 Å². The smallest absolute Gasteiger partial charge is 0.249 e. The maximum atomic E-state index is 11.9. The van der Waals surface area contributed by atoms with Crippen LogP contribution in [-0.4, -0.2) is 28.6 Å². The number of hydrogen-bond acceptors (Lipinski definition) is 5. The molecule has 0 aromatic carbocycles. The summed E-state index contributed by atoms with van der Waals surface area (Å²) in [4.78, 5) is 20.4. The molecule has 6 nitrogen and oxygen atoms in total. The summed E-state index contributed by atoms with van der Waals surface area (Å²) in [5.41, 5.74) is 1.32. The number of amides is 1. The van der Waals surface area contributed by atoms with Crippen molar-refractivity contribution in [3.63, 3.8) is 0 Å². The Kier molecular flexibility index (Phi) is 3.73. The largest absolute Gasteiger partial charge is 0.463 e. The summed E-state index contributed by atoms with van der Waals surface area (Å²) in [6, 6.07) is 3.61. The summed E-state index contributed by atoms with van der Waals surface area (Å²) in [7, 11) is 0. The van der Waals surface area contributed by atoms with Gasteiger partial charge in [0.2, 0.25) is 5.91 Å². The molecule has 104 valence electrons. The molecule has 0 bridgehead atoms. The first-order valence-corrected chi connectivity index (χ1v) is 6.57. The maximum absolute atomic E-state index is 11.9. The third kappa shape index (κ3) is 2.70. The molecule has 0 radical (unpaired) electrons. The molecular weight excluding hydrogens is 258 g/mol. The van der Waals surface area contributed by atoms with E-state index in [0.29, 0.717) is 30.3 Å². The van der Waals surface area contributed by atoms with Gasteiger partial charge in [0.15, 0.2) is 5.76 Å². The van der Waals surface area contributed by atoms with Gasteiger partial charge in [-0.3, -0.25) is 9.78 Å². The van der Waals surface area contributed by atoms with Crippen LogP contribution in [-0.2, 0) is 16.1 Å². The Hall–Kier alpha value is -2.21. The zero-order chi connectivity index (χ0) is 13.8. The highest BCUT2D eigenvalue weighted by Gasteiger charge is 2.23. The van der Waals surface area contributed by atoms with E-state index in [4.69, 9.17) is 9.15 Å². The number of aromatic nitrogens is 2. The topological polar surface area (TPSA) is 77.3 Å². The second-order valence-electron chi connectivity index (χ2n) is 4.55. The van der Waals surface area contributed by atoms with Gasteiger partial charge in [0.05, 0.1) is 18.5 Å². The van der Waals surface area contributed by atoms with Crippen LogP contribution in [0.15, 0.2) is 35.2 Å². The maximum Gasteiger partial charge on any atom is 0.249 e. The summed E-state index contributed by atoms with van der Waals surface area (Å²) in [6.45, 7) is 0.962. The number of hydrogen-bond donors (Lipinski definition) is 1. The minimum atomic E-state index is -0.335. The monoisotopic (exact) mass is 273 g/mol. The molecule has 2 aromatic rings. The molecule has 2 aromatic heterocycles. The predicted octanol–water partition coefficient (Wildman–Crippen LogP) is 1.53. The average Bonchev–Trinajstić information content (AvgIpc) is 3.17. The molecule has 3 rings (SSSR count). The van der Waals surface area contributed by atoms with Crippen molar-refractivity contribution in [2.75, 3.05) is 6.61 Å². The van der Waals surface area contributed by atoms with E-state index in [1.165, 1.54) is 0 Å². The fraction of sp³-hybridized carbons (Fsp3) is 0.357. The van der Waals surface area contributed by atoms with Gasteiger partial charge in [-0.2, -0.15) is 0 Å². The van der Waals surface area contributed by atoms with Crippen LogP contribution in [0.3, 0.4) is 0 Å². The summed E-state index contributed by atoms with van der Waals surface area (Å²) >= 11 is 0. The Morgan fingerprint density at radius 1 is 1.40 bits per heavy atom.